The zero-order valence-electron chi connectivity index (χ0n) is 9.00. The quantitative estimate of drug-likeness (QED) is 0.749. The number of fused-ring (bicyclic) bond motifs is 1. The van der Waals surface area contributed by atoms with E-state index in [0.29, 0.717) is 5.15 Å². The lowest BCUT2D eigenvalue weighted by atomic mass is 10.2. The fourth-order valence-electron chi connectivity index (χ4n) is 1.59. The molecule has 0 aliphatic carbocycles. The molecule has 0 aromatic carbocycles. The first-order valence-corrected chi connectivity index (χ1v) is 5.66. The third-order valence-corrected chi connectivity index (χ3v) is 2.62. The van der Waals surface area contributed by atoms with Crippen molar-refractivity contribution in [1.82, 2.24) is 14.6 Å². The van der Waals surface area contributed by atoms with Crippen molar-refractivity contribution in [1.29, 1.82) is 0 Å². The fourth-order valence-corrected chi connectivity index (χ4v) is 1.84. The van der Waals surface area contributed by atoms with Crippen LogP contribution in [-0.4, -0.2) is 14.6 Å². The van der Waals surface area contributed by atoms with Crippen LogP contribution in [-0.2, 0) is 12.8 Å². The van der Waals surface area contributed by atoms with E-state index in [-0.39, 0.29) is 0 Å². The Kier molecular flexibility index (Phi) is 2.91. The van der Waals surface area contributed by atoms with Crippen molar-refractivity contribution < 1.29 is 0 Å². The number of aromatic nitrogens is 3. The predicted molar refractivity (Wildman–Crippen MR) is 61.4 cm³/mol. The Labute approximate surface area is 94.1 Å². The summed E-state index contributed by atoms with van der Waals surface area (Å²) >= 11 is 6.13. The molecule has 0 unspecified atom stereocenters. The van der Waals surface area contributed by atoms with Crippen LogP contribution in [0.5, 0.6) is 0 Å². The molecular formula is C11H14ClN3. The van der Waals surface area contributed by atoms with Crippen molar-refractivity contribution >= 4 is 17.2 Å². The van der Waals surface area contributed by atoms with Gasteiger partial charge in [-0.1, -0.05) is 31.9 Å². The van der Waals surface area contributed by atoms with Gasteiger partial charge in [-0.25, -0.2) is 9.50 Å². The third kappa shape index (κ3) is 1.97. The van der Waals surface area contributed by atoms with Crippen molar-refractivity contribution in [3.05, 3.63) is 28.7 Å². The molecule has 2 aromatic heterocycles. The number of nitrogens with zero attached hydrogens (tertiary/aromatic N) is 3. The van der Waals surface area contributed by atoms with E-state index in [1.807, 2.05) is 12.1 Å². The van der Waals surface area contributed by atoms with Crippen LogP contribution in [0.4, 0.5) is 0 Å². The normalized spacial score (nSPS) is 11.1. The van der Waals surface area contributed by atoms with Crippen LogP contribution in [0.15, 0.2) is 12.1 Å². The Balaban J connectivity index is 2.54. The lowest BCUT2D eigenvalue weighted by molar-refractivity contribution is 0.846. The number of hydrogen-bond acceptors (Lipinski definition) is 2. The summed E-state index contributed by atoms with van der Waals surface area (Å²) in [7, 11) is 0. The topological polar surface area (TPSA) is 30.2 Å². The van der Waals surface area contributed by atoms with Crippen molar-refractivity contribution in [2.24, 2.45) is 0 Å². The molecule has 0 atom stereocenters. The van der Waals surface area contributed by atoms with Crippen LogP contribution in [0, 0.1) is 0 Å². The molecule has 0 fully saturated rings. The van der Waals surface area contributed by atoms with Crippen molar-refractivity contribution in [2.75, 3.05) is 0 Å². The standard InChI is InChI=1S/C11H14ClN3/c1-3-5-9-6-10(12)15-11(13-9)7-8(4-2)14-15/h6-7H,3-5H2,1-2H3. The van der Waals surface area contributed by atoms with Gasteiger partial charge >= 0.3 is 0 Å². The molecule has 0 N–H and O–H groups in total. The highest BCUT2D eigenvalue weighted by Gasteiger charge is 2.06. The fraction of sp³-hybridized carbons (Fsp3) is 0.455. The van der Waals surface area contributed by atoms with Gasteiger partial charge in [-0.2, -0.15) is 5.10 Å². The number of hydrogen-bond donors (Lipinski definition) is 0. The Morgan fingerprint density at radius 2 is 2.07 bits per heavy atom. The highest BCUT2D eigenvalue weighted by Crippen LogP contribution is 2.15. The minimum atomic E-state index is 0.642. The third-order valence-electron chi connectivity index (χ3n) is 2.36. The van der Waals surface area contributed by atoms with E-state index in [1.165, 1.54) is 0 Å². The van der Waals surface area contributed by atoms with Crippen LogP contribution in [0.3, 0.4) is 0 Å². The SMILES string of the molecule is CCCc1cc(Cl)n2nc(CC)cc2n1. The summed E-state index contributed by atoms with van der Waals surface area (Å²) in [5, 5.41) is 5.00. The minimum Gasteiger partial charge on any atom is -0.233 e. The summed E-state index contributed by atoms with van der Waals surface area (Å²) in [4.78, 5) is 4.51. The summed E-state index contributed by atoms with van der Waals surface area (Å²) in [6.07, 6.45) is 2.94. The van der Waals surface area contributed by atoms with Crippen molar-refractivity contribution in [3.8, 4) is 0 Å². The second-order valence-electron chi connectivity index (χ2n) is 3.58. The van der Waals surface area contributed by atoms with Gasteiger partial charge in [0, 0.05) is 11.8 Å². The zero-order valence-corrected chi connectivity index (χ0v) is 9.75. The van der Waals surface area contributed by atoms with Crippen LogP contribution in [0.1, 0.15) is 31.7 Å². The van der Waals surface area contributed by atoms with E-state index in [1.54, 1.807) is 4.52 Å². The largest absolute Gasteiger partial charge is 0.233 e. The van der Waals surface area contributed by atoms with Gasteiger partial charge in [0.05, 0.1) is 5.69 Å². The van der Waals surface area contributed by atoms with Gasteiger partial charge in [0.2, 0.25) is 0 Å². The second kappa shape index (κ2) is 4.19. The van der Waals surface area contributed by atoms with E-state index < -0.39 is 0 Å². The molecule has 80 valence electrons. The molecule has 0 aliphatic heterocycles. The summed E-state index contributed by atoms with van der Waals surface area (Å²) in [6, 6.07) is 3.88. The molecule has 4 heteroatoms. The van der Waals surface area contributed by atoms with Gasteiger partial charge in [0.15, 0.2) is 5.65 Å². The Morgan fingerprint density at radius 3 is 2.73 bits per heavy atom. The lowest BCUT2D eigenvalue weighted by Gasteiger charge is -2.00. The van der Waals surface area contributed by atoms with Gasteiger partial charge in [0.1, 0.15) is 5.15 Å². The predicted octanol–water partition coefficient (Wildman–Crippen LogP) is 2.90. The molecule has 0 saturated heterocycles. The summed E-state index contributed by atoms with van der Waals surface area (Å²) in [6.45, 7) is 4.20. The summed E-state index contributed by atoms with van der Waals surface area (Å²) in [5.41, 5.74) is 2.92. The molecule has 2 aromatic rings. The van der Waals surface area contributed by atoms with E-state index in [0.717, 1.165) is 36.3 Å². The van der Waals surface area contributed by atoms with E-state index in [2.05, 4.69) is 23.9 Å². The van der Waals surface area contributed by atoms with E-state index in [9.17, 15) is 0 Å². The van der Waals surface area contributed by atoms with Crippen molar-refractivity contribution in [3.63, 3.8) is 0 Å². The molecule has 0 bridgehead atoms. The molecule has 0 aliphatic rings. The minimum absolute atomic E-state index is 0.642. The van der Waals surface area contributed by atoms with Crippen molar-refractivity contribution in [2.45, 2.75) is 33.1 Å². The van der Waals surface area contributed by atoms with Crippen LogP contribution in [0.2, 0.25) is 5.15 Å². The maximum absolute atomic E-state index is 6.13. The van der Waals surface area contributed by atoms with Gasteiger partial charge in [-0.3, -0.25) is 0 Å². The number of rotatable bonds is 3. The monoisotopic (exact) mass is 223 g/mol. The van der Waals surface area contributed by atoms with Crippen LogP contribution in [0.25, 0.3) is 5.65 Å². The Morgan fingerprint density at radius 1 is 1.27 bits per heavy atom. The highest BCUT2D eigenvalue weighted by atomic mass is 35.5. The Hall–Kier alpha value is -1.09. The molecule has 2 rings (SSSR count). The molecule has 0 saturated carbocycles. The van der Waals surface area contributed by atoms with Gasteiger partial charge < -0.3 is 0 Å². The van der Waals surface area contributed by atoms with Gasteiger partial charge in [-0.05, 0) is 18.9 Å². The first kappa shape index (κ1) is 10.4. The van der Waals surface area contributed by atoms with Gasteiger partial charge in [0.25, 0.3) is 0 Å². The van der Waals surface area contributed by atoms with E-state index in [4.69, 9.17) is 11.6 Å². The number of aryl methyl sites for hydroxylation is 2. The molecule has 15 heavy (non-hydrogen) atoms. The Bertz CT molecular complexity index is 476. The van der Waals surface area contributed by atoms with E-state index >= 15 is 0 Å². The first-order valence-electron chi connectivity index (χ1n) is 5.28. The van der Waals surface area contributed by atoms with Gasteiger partial charge in [-0.15, -0.1) is 0 Å². The molecular weight excluding hydrogens is 210 g/mol. The maximum Gasteiger partial charge on any atom is 0.157 e. The molecule has 0 radical (unpaired) electrons. The molecule has 0 spiro atoms. The zero-order chi connectivity index (χ0) is 10.8. The summed E-state index contributed by atoms with van der Waals surface area (Å²) < 4.78 is 1.69. The second-order valence-corrected chi connectivity index (χ2v) is 3.97. The summed E-state index contributed by atoms with van der Waals surface area (Å²) in [5.74, 6) is 0. The smallest absolute Gasteiger partial charge is 0.157 e. The lowest BCUT2D eigenvalue weighted by Crippen LogP contribution is -1.97. The van der Waals surface area contributed by atoms with Crippen LogP contribution < -0.4 is 0 Å². The van der Waals surface area contributed by atoms with Crippen LogP contribution >= 0.6 is 11.6 Å². The average Bonchev–Trinajstić information content (AvgIpc) is 2.62. The molecule has 0 amide bonds. The molecule has 3 nitrogen and oxygen atoms in total. The maximum atomic E-state index is 6.13. The molecule has 2 heterocycles. The highest BCUT2D eigenvalue weighted by molar-refractivity contribution is 6.29. The first-order chi connectivity index (χ1) is 7.24. The average molecular weight is 224 g/mol. The number of halogens is 1.